The summed E-state index contributed by atoms with van der Waals surface area (Å²) in [5, 5.41) is 6.05. The van der Waals surface area contributed by atoms with Crippen LogP contribution in [0.2, 0.25) is 0 Å². The first-order chi connectivity index (χ1) is 18.1. The van der Waals surface area contributed by atoms with Crippen LogP contribution >= 0.6 is 0 Å². The SMILES string of the molecule is CC(C)CC(C)(COc1ccc(-c2cc(NC3CCCOC3)ncn2)cc1C(F)(F)F)NC(=O)OC(C)(C)C. The molecule has 1 aromatic heterocycles. The number of amides is 1. The normalized spacial score (nSPS) is 17.8. The van der Waals surface area contributed by atoms with Gasteiger partial charge in [0.05, 0.1) is 29.4 Å². The van der Waals surface area contributed by atoms with Crippen molar-refractivity contribution in [1.29, 1.82) is 0 Å². The molecule has 0 bridgehead atoms. The summed E-state index contributed by atoms with van der Waals surface area (Å²) in [5.41, 5.74) is -2.00. The quantitative estimate of drug-likeness (QED) is 0.369. The van der Waals surface area contributed by atoms with Crippen LogP contribution in [0.3, 0.4) is 0 Å². The molecule has 0 radical (unpaired) electrons. The van der Waals surface area contributed by atoms with E-state index in [-0.39, 0.29) is 29.9 Å². The fourth-order valence-electron chi connectivity index (χ4n) is 4.53. The standard InChI is InChI=1S/C28H39F3N4O4/c1-18(2)14-27(6,35-25(36)39-26(3,4)5)16-38-23-10-9-19(12-21(23)28(29,30)31)22-13-24(33-17-32-22)34-20-8-7-11-37-15-20/h9-10,12-13,17-18,20H,7-8,11,14-16H2,1-6H3,(H,35,36)(H,32,33,34). The highest BCUT2D eigenvalue weighted by molar-refractivity contribution is 5.69. The second-order valence-corrected chi connectivity index (χ2v) is 11.6. The van der Waals surface area contributed by atoms with E-state index >= 15 is 0 Å². The molecule has 8 nitrogen and oxygen atoms in total. The van der Waals surface area contributed by atoms with Crippen LogP contribution in [-0.2, 0) is 15.7 Å². The number of carbonyl (C=O) groups excluding carboxylic acids is 1. The lowest BCUT2D eigenvalue weighted by molar-refractivity contribution is -0.139. The molecule has 39 heavy (non-hydrogen) atoms. The van der Waals surface area contributed by atoms with Crippen molar-refractivity contribution in [1.82, 2.24) is 15.3 Å². The van der Waals surface area contributed by atoms with Gasteiger partial charge >= 0.3 is 12.3 Å². The van der Waals surface area contributed by atoms with Crippen molar-refractivity contribution < 1.29 is 32.2 Å². The molecule has 1 fully saturated rings. The van der Waals surface area contributed by atoms with Crippen LogP contribution in [0.4, 0.5) is 23.8 Å². The lowest BCUT2D eigenvalue weighted by atomic mass is 9.91. The van der Waals surface area contributed by atoms with Gasteiger partial charge in [-0.25, -0.2) is 14.8 Å². The van der Waals surface area contributed by atoms with E-state index < -0.39 is 29.0 Å². The number of halogens is 3. The van der Waals surface area contributed by atoms with Gasteiger partial charge in [0.25, 0.3) is 0 Å². The number of nitrogens with one attached hydrogen (secondary N) is 2. The van der Waals surface area contributed by atoms with E-state index in [4.69, 9.17) is 14.2 Å². The van der Waals surface area contributed by atoms with Gasteiger partial charge in [-0.3, -0.25) is 0 Å². The Morgan fingerprint density at radius 3 is 2.51 bits per heavy atom. The summed E-state index contributed by atoms with van der Waals surface area (Å²) in [6, 6.07) is 5.53. The second kappa shape index (κ2) is 12.4. The summed E-state index contributed by atoms with van der Waals surface area (Å²) in [5.74, 6) is 0.319. The molecule has 2 aromatic rings. The molecule has 0 spiro atoms. The van der Waals surface area contributed by atoms with E-state index in [0.29, 0.717) is 24.5 Å². The number of alkyl carbamates (subject to hydrolysis) is 1. The number of anilines is 1. The van der Waals surface area contributed by atoms with Gasteiger partial charge in [0.15, 0.2) is 0 Å². The van der Waals surface area contributed by atoms with Gasteiger partial charge in [0, 0.05) is 18.2 Å². The average molecular weight is 553 g/mol. The molecule has 1 aliphatic rings. The molecule has 3 rings (SSSR count). The molecule has 1 amide bonds. The van der Waals surface area contributed by atoms with Gasteiger partial charge in [-0.15, -0.1) is 0 Å². The predicted octanol–water partition coefficient (Wildman–Crippen LogP) is 6.46. The molecule has 2 unspecified atom stereocenters. The van der Waals surface area contributed by atoms with E-state index in [0.717, 1.165) is 25.5 Å². The maximum atomic E-state index is 14.1. The molecule has 0 saturated carbocycles. The third-order valence-electron chi connectivity index (χ3n) is 5.97. The zero-order chi connectivity index (χ0) is 28.8. The fourth-order valence-corrected chi connectivity index (χ4v) is 4.53. The Balaban J connectivity index is 1.82. The molecule has 2 atom stereocenters. The van der Waals surface area contributed by atoms with E-state index in [2.05, 4.69) is 20.6 Å². The van der Waals surface area contributed by atoms with Crippen LogP contribution in [0.15, 0.2) is 30.6 Å². The summed E-state index contributed by atoms with van der Waals surface area (Å²) in [4.78, 5) is 20.8. The van der Waals surface area contributed by atoms with Crippen molar-refractivity contribution >= 4 is 11.9 Å². The van der Waals surface area contributed by atoms with Gasteiger partial charge in [-0.1, -0.05) is 13.8 Å². The van der Waals surface area contributed by atoms with Crippen LogP contribution < -0.4 is 15.4 Å². The Bertz CT molecular complexity index is 1110. The Kier molecular flexibility index (Phi) is 9.69. The second-order valence-electron chi connectivity index (χ2n) is 11.6. The number of benzene rings is 1. The summed E-state index contributed by atoms with van der Waals surface area (Å²) in [7, 11) is 0. The molecule has 0 aliphatic carbocycles. The molecule has 1 aromatic carbocycles. The van der Waals surface area contributed by atoms with Crippen molar-refractivity contribution in [3.05, 3.63) is 36.2 Å². The van der Waals surface area contributed by atoms with Gasteiger partial charge in [-0.2, -0.15) is 13.2 Å². The van der Waals surface area contributed by atoms with Gasteiger partial charge in [-0.05, 0) is 71.1 Å². The van der Waals surface area contributed by atoms with Crippen molar-refractivity contribution in [3.63, 3.8) is 0 Å². The van der Waals surface area contributed by atoms with Crippen molar-refractivity contribution in [2.45, 2.75) is 84.2 Å². The first-order valence-corrected chi connectivity index (χ1v) is 13.2. The highest BCUT2D eigenvalue weighted by Crippen LogP contribution is 2.39. The van der Waals surface area contributed by atoms with Crippen molar-refractivity contribution in [3.8, 4) is 17.0 Å². The van der Waals surface area contributed by atoms with E-state index in [1.54, 1.807) is 33.8 Å². The molecule has 11 heteroatoms. The third-order valence-corrected chi connectivity index (χ3v) is 5.97. The maximum absolute atomic E-state index is 14.1. The number of aromatic nitrogens is 2. The lowest BCUT2D eigenvalue weighted by Crippen LogP contribution is -2.52. The minimum Gasteiger partial charge on any atom is -0.491 e. The Hall–Kier alpha value is -3.08. The Morgan fingerprint density at radius 1 is 1.15 bits per heavy atom. The molecule has 1 saturated heterocycles. The average Bonchev–Trinajstić information content (AvgIpc) is 2.81. The minimum atomic E-state index is -4.67. The number of carbonyl (C=O) groups is 1. The summed E-state index contributed by atoms with van der Waals surface area (Å²) in [6.07, 6.45) is -1.70. The van der Waals surface area contributed by atoms with E-state index in [1.807, 2.05) is 13.8 Å². The van der Waals surface area contributed by atoms with Crippen LogP contribution in [0.1, 0.15) is 66.4 Å². The first-order valence-electron chi connectivity index (χ1n) is 13.2. The number of ether oxygens (including phenoxy) is 3. The molecule has 216 valence electrons. The number of rotatable bonds is 9. The molecular weight excluding hydrogens is 513 g/mol. The zero-order valence-electron chi connectivity index (χ0n) is 23.4. The van der Waals surface area contributed by atoms with Crippen LogP contribution in [0, 0.1) is 5.92 Å². The summed E-state index contributed by atoms with van der Waals surface area (Å²) < 4.78 is 58.9. The van der Waals surface area contributed by atoms with Gasteiger partial charge in [0.1, 0.15) is 30.1 Å². The highest BCUT2D eigenvalue weighted by atomic mass is 19.4. The minimum absolute atomic E-state index is 0.0810. The monoisotopic (exact) mass is 552 g/mol. The molecular formula is C28H39F3N4O4. The molecule has 2 N–H and O–H groups in total. The summed E-state index contributed by atoms with van der Waals surface area (Å²) >= 11 is 0. The number of hydrogen-bond acceptors (Lipinski definition) is 7. The Labute approximate surface area is 228 Å². The fraction of sp³-hybridized carbons (Fsp3) is 0.607. The number of nitrogens with zero attached hydrogens (tertiary/aromatic N) is 2. The van der Waals surface area contributed by atoms with Crippen molar-refractivity contribution in [2.24, 2.45) is 5.92 Å². The van der Waals surface area contributed by atoms with Gasteiger partial charge in [0.2, 0.25) is 0 Å². The lowest BCUT2D eigenvalue weighted by Gasteiger charge is -2.33. The summed E-state index contributed by atoms with van der Waals surface area (Å²) in [6.45, 7) is 11.9. The maximum Gasteiger partial charge on any atom is 0.419 e. The topological polar surface area (TPSA) is 94.6 Å². The van der Waals surface area contributed by atoms with Gasteiger partial charge < -0.3 is 24.8 Å². The Morgan fingerprint density at radius 2 is 1.90 bits per heavy atom. The van der Waals surface area contributed by atoms with E-state index in [1.165, 1.54) is 18.5 Å². The molecule has 2 heterocycles. The van der Waals surface area contributed by atoms with Crippen LogP contribution in [0.5, 0.6) is 5.75 Å². The number of alkyl halides is 3. The smallest absolute Gasteiger partial charge is 0.419 e. The highest BCUT2D eigenvalue weighted by Gasteiger charge is 2.37. The predicted molar refractivity (Wildman–Crippen MR) is 143 cm³/mol. The first kappa shape index (κ1) is 30.5. The van der Waals surface area contributed by atoms with Crippen LogP contribution in [0.25, 0.3) is 11.3 Å². The zero-order valence-corrected chi connectivity index (χ0v) is 23.4. The number of hydrogen-bond donors (Lipinski definition) is 2. The molecule has 1 aliphatic heterocycles. The third kappa shape index (κ3) is 9.56. The van der Waals surface area contributed by atoms with Crippen LogP contribution in [-0.4, -0.2) is 53.1 Å². The van der Waals surface area contributed by atoms with Crippen molar-refractivity contribution in [2.75, 3.05) is 25.1 Å². The largest absolute Gasteiger partial charge is 0.491 e. The van der Waals surface area contributed by atoms with E-state index in [9.17, 15) is 18.0 Å².